The minimum Gasteiger partial charge on any atom is -0.396 e. The number of benzene rings is 1. The fourth-order valence-corrected chi connectivity index (χ4v) is 2.31. The van der Waals surface area contributed by atoms with Gasteiger partial charge in [-0.25, -0.2) is 0 Å². The summed E-state index contributed by atoms with van der Waals surface area (Å²) in [6.07, 6.45) is 4.51. The summed E-state index contributed by atoms with van der Waals surface area (Å²) in [4.78, 5) is 14.4. The minimum atomic E-state index is 0.00690. The summed E-state index contributed by atoms with van der Waals surface area (Å²) >= 11 is 0. The van der Waals surface area contributed by atoms with Gasteiger partial charge in [-0.3, -0.25) is 4.79 Å². The van der Waals surface area contributed by atoms with Crippen molar-refractivity contribution in [1.82, 2.24) is 9.47 Å². The number of carbonyl (C=O) groups excluding carboxylic acids is 1. The largest absolute Gasteiger partial charge is 0.396 e. The van der Waals surface area contributed by atoms with Crippen LogP contribution in [0.5, 0.6) is 0 Å². The quantitative estimate of drug-likeness (QED) is 0.887. The van der Waals surface area contributed by atoms with Crippen LogP contribution in [0.1, 0.15) is 30.6 Å². The molecular weight excluding hydrogens is 264 g/mol. The summed E-state index contributed by atoms with van der Waals surface area (Å²) in [5.41, 5.74) is 1.64. The lowest BCUT2D eigenvalue weighted by Gasteiger charge is -2.26. The molecule has 0 aliphatic carbocycles. The lowest BCUT2D eigenvalue weighted by molar-refractivity contribution is 0.0693. The number of hydrogen-bond donors (Lipinski definition) is 1. The van der Waals surface area contributed by atoms with Gasteiger partial charge in [-0.15, -0.1) is 0 Å². The van der Waals surface area contributed by atoms with Gasteiger partial charge in [-0.2, -0.15) is 0 Å². The van der Waals surface area contributed by atoms with Gasteiger partial charge >= 0.3 is 0 Å². The molecule has 2 rings (SSSR count). The van der Waals surface area contributed by atoms with Crippen LogP contribution in [-0.2, 0) is 0 Å². The molecule has 0 atom stereocenters. The van der Waals surface area contributed by atoms with E-state index in [1.807, 2.05) is 67.2 Å². The first-order valence-electron chi connectivity index (χ1n) is 7.28. The Hall–Kier alpha value is -2.07. The van der Waals surface area contributed by atoms with Crippen LogP contribution in [0.3, 0.4) is 0 Å². The number of nitrogens with zero attached hydrogens (tertiary/aromatic N) is 2. The fraction of sp³-hybridized carbons (Fsp3) is 0.353. The summed E-state index contributed by atoms with van der Waals surface area (Å²) in [7, 11) is 0. The molecule has 0 spiro atoms. The van der Waals surface area contributed by atoms with E-state index in [2.05, 4.69) is 0 Å². The zero-order valence-corrected chi connectivity index (χ0v) is 12.6. The van der Waals surface area contributed by atoms with E-state index in [1.165, 1.54) is 0 Å². The summed E-state index contributed by atoms with van der Waals surface area (Å²) in [6, 6.07) is 11.6. The van der Waals surface area contributed by atoms with Gasteiger partial charge in [0.05, 0.1) is 0 Å². The average Bonchev–Trinajstić information content (AvgIpc) is 3.01. The molecule has 0 bridgehead atoms. The highest BCUT2D eigenvalue weighted by atomic mass is 16.3. The number of amides is 1. The molecule has 2 aromatic rings. The normalized spacial score (nSPS) is 10.9. The van der Waals surface area contributed by atoms with Crippen molar-refractivity contribution in [3.05, 3.63) is 54.4 Å². The van der Waals surface area contributed by atoms with Gasteiger partial charge in [-0.05, 0) is 50.6 Å². The van der Waals surface area contributed by atoms with Gasteiger partial charge < -0.3 is 14.6 Å². The van der Waals surface area contributed by atoms with Crippen molar-refractivity contribution in [3.63, 3.8) is 0 Å². The Balaban J connectivity index is 2.23. The van der Waals surface area contributed by atoms with Gasteiger partial charge in [-0.1, -0.05) is 6.07 Å². The smallest absolute Gasteiger partial charge is 0.254 e. The van der Waals surface area contributed by atoms with Gasteiger partial charge in [0.1, 0.15) is 0 Å². The van der Waals surface area contributed by atoms with E-state index in [4.69, 9.17) is 5.11 Å². The monoisotopic (exact) mass is 286 g/mol. The van der Waals surface area contributed by atoms with Crippen molar-refractivity contribution >= 4 is 5.91 Å². The number of aliphatic hydroxyl groups is 1. The van der Waals surface area contributed by atoms with Crippen LogP contribution in [0.4, 0.5) is 0 Å². The van der Waals surface area contributed by atoms with Gasteiger partial charge in [0.25, 0.3) is 5.91 Å². The Morgan fingerprint density at radius 3 is 2.57 bits per heavy atom. The molecule has 0 unspecified atom stereocenters. The fourth-order valence-electron chi connectivity index (χ4n) is 2.31. The summed E-state index contributed by atoms with van der Waals surface area (Å²) in [6.45, 7) is 4.65. The molecule has 1 amide bonds. The predicted molar refractivity (Wildman–Crippen MR) is 83.6 cm³/mol. The van der Waals surface area contributed by atoms with E-state index in [1.54, 1.807) is 4.90 Å². The van der Waals surface area contributed by atoms with Crippen molar-refractivity contribution in [3.8, 4) is 5.69 Å². The lowest BCUT2D eigenvalue weighted by atomic mass is 10.1. The van der Waals surface area contributed by atoms with Crippen molar-refractivity contribution in [2.75, 3.05) is 13.2 Å². The first-order valence-corrected chi connectivity index (χ1v) is 7.28. The Labute approximate surface area is 125 Å². The Morgan fingerprint density at radius 1 is 1.24 bits per heavy atom. The zero-order valence-electron chi connectivity index (χ0n) is 12.6. The van der Waals surface area contributed by atoms with Crippen LogP contribution in [-0.4, -0.2) is 39.7 Å². The molecule has 4 heteroatoms. The average molecular weight is 286 g/mol. The molecular formula is C17H22N2O2. The summed E-state index contributed by atoms with van der Waals surface area (Å²) < 4.78 is 1.98. The standard InChI is InChI=1S/C17H22N2O2/c1-14(2)19(11-6-12-20)17(21)15-7-5-8-16(13-15)18-9-3-4-10-18/h3-5,7-10,13-14,20H,6,11-12H2,1-2H3. The highest BCUT2D eigenvalue weighted by Gasteiger charge is 2.18. The number of hydrogen-bond acceptors (Lipinski definition) is 2. The maximum atomic E-state index is 12.6. The van der Waals surface area contributed by atoms with Crippen LogP contribution >= 0.6 is 0 Å². The van der Waals surface area contributed by atoms with Crippen LogP contribution in [0, 0.1) is 0 Å². The molecule has 21 heavy (non-hydrogen) atoms. The van der Waals surface area contributed by atoms with E-state index in [0.29, 0.717) is 18.5 Å². The summed E-state index contributed by atoms with van der Waals surface area (Å²) in [5, 5.41) is 8.98. The maximum Gasteiger partial charge on any atom is 0.254 e. The first kappa shape index (κ1) is 15.3. The highest BCUT2D eigenvalue weighted by Crippen LogP contribution is 2.14. The Kier molecular flexibility index (Phi) is 5.17. The zero-order chi connectivity index (χ0) is 15.2. The second-order valence-electron chi connectivity index (χ2n) is 5.31. The van der Waals surface area contributed by atoms with Gasteiger partial charge in [0.15, 0.2) is 0 Å². The van der Waals surface area contributed by atoms with Gasteiger partial charge in [0, 0.05) is 42.8 Å². The van der Waals surface area contributed by atoms with E-state index < -0.39 is 0 Å². The van der Waals surface area contributed by atoms with E-state index in [9.17, 15) is 4.79 Å². The van der Waals surface area contributed by atoms with Crippen molar-refractivity contribution in [2.24, 2.45) is 0 Å². The molecule has 0 saturated heterocycles. The third-order valence-corrected chi connectivity index (χ3v) is 3.44. The number of aliphatic hydroxyl groups excluding tert-OH is 1. The molecule has 4 nitrogen and oxygen atoms in total. The van der Waals surface area contributed by atoms with Gasteiger partial charge in [0.2, 0.25) is 0 Å². The molecule has 0 radical (unpaired) electrons. The number of aromatic nitrogens is 1. The molecule has 0 fully saturated rings. The molecule has 1 heterocycles. The molecule has 1 aromatic heterocycles. The predicted octanol–water partition coefficient (Wildman–Crippen LogP) is 2.71. The van der Waals surface area contributed by atoms with Crippen LogP contribution < -0.4 is 0 Å². The third kappa shape index (κ3) is 3.73. The van der Waals surface area contributed by atoms with E-state index in [-0.39, 0.29) is 18.6 Å². The van der Waals surface area contributed by atoms with Crippen molar-refractivity contribution in [2.45, 2.75) is 26.3 Å². The third-order valence-electron chi connectivity index (χ3n) is 3.44. The SMILES string of the molecule is CC(C)N(CCCO)C(=O)c1cccc(-n2cccc2)c1. The second kappa shape index (κ2) is 7.09. The topological polar surface area (TPSA) is 45.5 Å². The highest BCUT2D eigenvalue weighted by molar-refractivity contribution is 5.95. The summed E-state index contributed by atoms with van der Waals surface area (Å²) in [5.74, 6) is 0.00690. The Bertz CT molecular complexity index is 576. The second-order valence-corrected chi connectivity index (χ2v) is 5.31. The van der Waals surface area contributed by atoms with Crippen LogP contribution in [0.15, 0.2) is 48.8 Å². The molecule has 1 aromatic carbocycles. The molecule has 0 aliphatic heterocycles. The van der Waals surface area contributed by atoms with Crippen LogP contribution in [0.2, 0.25) is 0 Å². The minimum absolute atomic E-state index is 0.00690. The number of rotatable bonds is 6. The van der Waals surface area contributed by atoms with Crippen molar-refractivity contribution < 1.29 is 9.90 Å². The van der Waals surface area contributed by atoms with Crippen molar-refractivity contribution in [1.29, 1.82) is 0 Å². The first-order chi connectivity index (χ1) is 10.1. The van der Waals surface area contributed by atoms with Crippen LogP contribution in [0.25, 0.3) is 5.69 Å². The molecule has 0 aliphatic rings. The lowest BCUT2D eigenvalue weighted by Crippen LogP contribution is -2.38. The van der Waals surface area contributed by atoms with E-state index >= 15 is 0 Å². The molecule has 1 N–H and O–H groups in total. The Morgan fingerprint density at radius 2 is 1.95 bits per heavy atom. The molecule has 112 valence electrons. The van der Waals surface area contributed by atoms with E-state index in [0.717, 1.165) is 5.69 Å². The number of carbonyl (C=O) groups is 1. The molecule has 0 saturated carbocycles. The maximum absolute atomic E-state index is 12.6.